The third-order valence-corrected chi connectivity index (χ3v) is 4.05. The third kappa shape index (κ3) is 2.94. The van der Waals surface area contributed by atoms with E-state index in [4.69, 9.17) is 13.6 Å². The Hall–Kier alpha value is -2.54. The highest BCUT2D eigenvalue weighted by Gasteiger charge is 2.33. The summed E-state index contributed by atoms with van der Waals surface area (Å²) in [5.41, 5.74) is 0.0273. The molecule has 3 rings (SSSR count). The molecule has 128 valence electrons. The highest BCUT2D eigenvalue weighted by atomic mass is 16.5. The summed E-state index contributed by atoms with van der Waals surface area (Å²) in [4.78, 5) is 25.7. The van der Waals surface area contributed by atoms with Gasteiger partial charge in [0.1, 0.15) is 28.9 Å². The van der Waals surface area contributed by atoms with Gasteiger partial charge in [0.25, 0.3) is 5.91 Å². The Morgan fingerprint density at radius 3 is 2.71 bits per heavy atom. The zero-order valence-corrected chi connectivity index (χ0v) is 13.6. The highest BCUT2D eigenvalue weighted by Crippen LogP contribution is 2.28. The van der Waals surface area contributed by atoms with Gasteiger partial charge >= 0.3 is 5.97 Å². The number of rotatable bonds is 4. The number of furan rings is 2. The predicted octanol–water partition coefficient (Wildman–Crippen LogP) is 2.66. The lowest BCUT2D eigenvalue weighted by atomic mass is 10.1. The number of carboxylic acid groups (broad SMARTS) is 1. The average Bonchev–Trinajstić information content (AvgIpc) is 3.20. The second kappa shape index (κ2) is 6.52. The van der Waals surface area contributed by atoms with E-state index >= 15 is 0 Å². The fourth-order valence-corrected chi connectivity index (χ4v) is 2.83. The SMILES string of the molecule is CCc1oc(C(=O)N2CCOCC2c2ccc(C)o2)cc1C(=O)O. The Balaban J connectivity index is 1.91. The van der Waals surface area contributed by atoms with E-state index in [0.717, 1.165) is 5.76 Å². The van der Waals surface area contributed by atoms with Crippen molar-refractivity contribution in [3.63, 3.8) is 0 Å². The Labute approximate surface area is 138 Å². The van der Waals surface area contributed by atoms with Crippen LogP contribution in [0.1, 0.15) is 51.2 Å². The van der Waals surface area contributed by atoms with Gasteiger partial charge in [0.2, 0.25) is 0 Å². The minimum Gasteiger partial charge on any atom is -0.478 e. The van der Waals surface area contributed by atoms with E-state index in [9.17, 15) is 14.7 Å². The monoisotopic (exact) mass is 333 g/mol. The molecule has 3 heterocycles. The zero-order chi connectivity index (χ0) is 17.3. The molecule has 0 aliphatic carbocycles. The topological polar surface area (TPSA) is 93.1 Å². The number of carboxylic acids is 1. The quantitative estimate of drug-likeness (QED) is 0.924. The summed E-state index contributed by atoms with van der Waals surface area (Å²) in [5, 5.41) is 9.22. The van der Waals surface area contributed by atoms with Crippen molar-refractivity contribution in [1.82, 2.24) is 4.90 Å². The highest BCUT2D eigenvalue weighted by molar-refractivity contribution is 5.96. The summed E-state index contributed by atoms with van der Waals surface area (Å²) in [7, 11) is 0. The van der Waals surface area contributed by atoms with Crippen LogP contribution in [0.5, 0.6) is 0 Å². The maximum atomic E-state index is 12.8. The van der Waals surface area contributed by atoms with E-state index in [1.165, 1.54) is 6.07 Å². The molecule has 0 bridgehead atoms. The van der Waals surface area contributed by atoms with E-state index in [-0.39, 0.29) is 23.3 Å². The molecule has 2 aromatic heterocycles. The average molecular weight is 333 g/mol. The normalized spacial score (nSPS) is 17.9. The zero-order valence-electron chi connectivity index (χ0n) is 13.6. The van der Waals surface area contributed by atoms with Crippen molar-refractivity contribution >= 4 is 11.9 Å². The van der Waals surface area contributed by atoms with Gasteiger partial charge in [0.15, 0.2) is 5.76 Å². The minimum atomic E-state index is -1.10. The Morgan fingerprint density at radius 1 is 1.33 bits per heavy atom. The number of aromatic carboxylic acids is 1. The molecule has 0 radical (unpaired) electrons. The van der Waals surface area contributed by atoms with Crippen molar-refractivity contribution in [3.8, 4) is 0 Å². The molecular formula is C17H19NO6. The van der Waals surface area contributed by atoms with Crippen LogP contribution in [0.3, 0.4) is 0 Å². The van der Waals surface area contributed by atoms with Gasteiger partial charge in [-0.2, -0.15) is 0 Å². The van der Waals surface area contributed by atoms with Gasteiger partial charge in [-0.1, -0.05) is 6.92 Å². The van der Waals surface area contributed by atoms with Crippen LogP contribution in [0.2, 0.25) is 0 Å². The largest absolute Gasteiger partial charge is 0.478 e. The molecule has 1 amide bonds. The molecule has 0 spiro atoms. The first kappa shape index (κ1) is 16.3. The van der Waals surface area contributed by atoms with Crippen LogP contribution >= 0.6 is 0 Å². The molecule has 7 heteroatoms. The van der Waals surface area contributed by atoms with Gasteiger partial charge in [-0.3, -0.25) is 4.79 Å². The molecule has 1 aliphatic heterocycles. The number of nitrogens with zero attached hydrogens (tertiary/aromatic N) is 1. The van der Waals surface area contributed by atoms with E-state index in [0.29, 0.717) is 37.7 Å². The van der Waals surface area contributed by atoms with E-state index in [1.54, 1.807) is 11.8 Å². The van der Waals surface area contributed by atoms with Crippen molar-refractivity contribution in [2.45, 2.75) is 26.3 Å². The summed E-state index contributed by atoms with van der Waals surface area (Å²) >= 11 is 0. The summed E-state index contributed by atoms with van der Waals surface area (Å²) < 4.78 is 16.6. The molecule has 7 nitrogen and oxygen atoms in total. The molecule has 24 heavy (non-hydrogen) atoms. The van der Waals surface area contributed by atoms with Crippen molar-refractivity contribution in [1.29, 1.82) is 0 Å². The number of hydrogen-bond acceptors (Lipinski definition) is 5. The Morgan fingerprint density at radius 2 is 2.12 bits per heavy atom. The summed E-state index contributed by atoms with van der Waals surface area (Å²) in [6.07, 6.45) is 0.402. The number of aryl methyl sites for hydroxylation is 2. The van der Waals surface area contributed by atoms with E-state index in [2.05, 4.69) is 0 Å². The van der Waals surface area contributed by atoms with Gasteiger partial charge in [-0.15, -0.1) is 0 Å². The van der Waals surface area contributed by atoms with Crippen molar-refractivity contribution in [2.24, 2.45) is 0 Å². The van der Waals surface area contributed by atoms with Crippen LogP contribution in [0, 0.1) is 6.92 Å². The first-order chi connectivity index (χ1) is 11.5. The standard InChI is InChI=1S/C17H19NO6/c1-3-13-11(17(20)21)8-15(24-13)16(19)18-6-7-22-9-12(18)14-5-4-10(2)23-14/h4-5,8,12H,3,6-7,9H2,1-2H3,(H,20,21). The van der Waals surface area contributed by atoms with Crippen LogP contribution in [0.4, 0.5) is 0 Å². The van der Waals surface area contributed by atoms with Crippen LogP contribution in [0.25, 0.3) is 0 Å². The van der Waals surface area contributed by atoms with E-state index < -0.39 is 5.97 Å². The minimum absolute atomic E-state index is 0.0272. The number of carbonyl (C=O) groups excluding carboxylic acids is 1. The van der Waals surface area contributed by atoms with Crippen LogP contribution in [-0.2, 0) is 11.2 Å². The fourth-order valence-electron chi connectivity index (χ4n) is 2.83. The summed E-state index contributed by atoms with van der Waals surface area (Å²) in [6.45, 7) is 4.73. The van der Waals surface area contributed by atoms with E-state index in [1.807, 2.05) is 19.1 Å². The van der Waals surface area contributed by atoms with Gasteiger partial charge in [0, 0.05) is 19.0 Å². The summed E-state index contributed by atoms with van der Waals surface area (Å²) in [6, 6.07) is 4.58. The van der Waals surface area contributed by atoms with Crippen LogP contribution < -0.4 is 0 Å². The molecule has 1 aliphatic rings. The number of ether oxygens (including phenoxy) is 1. The molecule has 2 aromatic rings. The number of morpholine rings is 1. The number of hydrogen-bond donors (Lipinski definition) is 1. The van der Waals surface area contributed by atoms with Crippen molar-refractivity contribution in [2.75, 3.05) is 19.8 Å². The maximum absolute atomic E-state index is 12.8. The van der Waals surface area contributed by atoms with Crippen molar-refractivity contribution < 1.29 is 28.3 Å². The molecule has 1 fully saturated rings. The summed E-state index contributed by atoms with van der Waals surface area (Å²) in [5.74, 6) is 0.252. The first-order valence-electron chi connectivity index (χ1n) is 7.82. The lowest BCUT2D eigenvalue weighted by molar-refractivity contribution is -0.0105. The van der Waals surface area contributed by atoms with Crippen LogP contribution in [-0.4, -0.2) is 41.6 Å². The second-order valence-corrected chi connectivity index (χ2v) is 5.64. The van der Waals surface area contributed by atoms with Gasteiger partial charge in [-0.05, 0) is 19.1 Å². The fraction of sp³-hybridized carbons (Fsp3) is 0.412. The predicted molar refractivity (Wildman–Crippen MR) is 83.1 cm³/mol. The van der Waals surface area contributed by atoms with Crippen LogP contribution in [0.15, 0.2) is 27.0 Å². The van der Waals surface area contributed by atoms with Gasteiger partial charge in [-0.25, -0.2) is 4.79 Å². The van der Waals surface area contributed by atoms with Gasteiger partial charge < -0.3 is 23.6 Å². The molecule has 1 saturated heterocycles. The molecule has 1 atom stereocenters. The molecule has 0 aromatic carbocycles. The number of carbonyl (C=O) groups is 2. The second-order valence-electron chi connectivity index (χ2n) is 5.64. The third-order valence-electron chi connectivity index (χ3n) is 4.05. The maximum Gasteiger partial charge on any atom is 0.339 e. The molecule has 1 N–H and O–H groups in total. The molecule has 1 unspecified atom stereocenters. The Bertz CT molecular complexity index is 759. The first-order valence-corrected chi connectivity index (χ1v) is 7.82. The smallest absolute Gasteiger partial charge is 0.339 e. The lowest BCUT2D eigenvalue weighted by Crippen LogP contribution is -2.43. The lowest BCUT2D eigenvalue weighted by Gasteiger charge is -2.33. The van der Waals surface area contributed by atoms with Gasteiger partial charge in [0.05, 0.1) is 13.2 Å². The number of amides is 1. The van der Waals surface area contributed by atoms with Crippen molar-refractivity contribution in [3.05, 3.63) is 46.8 Å². The molecule has 0 saturated carbocycles. The molecular weight excluding hydrogens is 314 g/mol. The Kier molecular flexibility index (Phi) is 4.44.